The van der Waals surface area contributed by atoms with E-state index in [9.17, 15) is 13.2 Å². The first kappa shape index (κ1) is 13.5. The van der Waals surface area contributed by atoms with Crippen molar-refractivity contribution >= 4 is 34.2 Å². The van der Waals surface area contributed by atoms with Gasteiger partial charge in [-0.3, -0.25) is 0 Å². The Labute approximate surface area is 119 Å². The molecule has 1 aromatic carbocycles. The lowest BCUT2D eigenvalue weighted by atomic mass is 10.3. The van der Waals surface area contributed by atoms with E-state index >= 15 is 0 Å². The maximum atomic E-state index is 12.0. The second-order valence-corrected chi connectivity index (χ2v) is 4.76. The van der Waals surface area contributed by atoms with Crippen molar-refractivity contribution < 1.29 is 17.9 Å². The van der Waals surface area contributed by atoms with Crippen LogP contribution in [0.25, 0.3) is 5.69 Å². The maximum absolute atomic E-state index is 12.0. The van der Waals surface area contributed by atoms with Gasteiger partial charge in [0.2, 0.25) is 0 Å². The predicted octanol–water partition coefficient (Wildman–Crippen LogP) is 4.03. The lowest BCUT2D eigenvalue weighted by Crippen LogP contribution is -2.17. The van der Waals surface area contributed by atoms with Gasteiger partial charge in [-0.2, -0.15) is 5.10 Å². The van der Waals surface area contributed by atoms with Gasteiger partial charge in [0.25, 0.3) is 0 Å². The molecular weight excluding hydrogens is 383 g/mol. The van der Waals surface area contributed by atoms with E-state index < -0.39 is 6.36 Å². The van der Waals surface area contributed by atoms with Gasteiger partial charge in [0.15, 0.2) is 0 Å². The van der Waals surface area contributed by atoms with E-state index in [1.807, 2.05) is 22.6 Å². The quantitative estimate of drug-likeness (QED) is 0.727. The van der Waals surface area contributed by atoms with Gasteiger partial charge in [-0.25, -0.2) is 4.68 Å². The molecule has 8 heteroatoms. The summed E-state index contributed by atoms with van der Waals surface area (Å²) >= 11 is 7.98. The second-order valence-electron chi connectivity index (χ2n) is 3.24. The molecule has 2 aromatic rings. The maximum Gasteiger partial charge on any atom is 0.573 e. The van der Waals surface area contributed by atoms with Crippen molar-refractivity contribution in [3.05, 3.63) is 39.2 Å². The van der Waals surface area contributed by atoms with Crippen LogP contribution < -0.4 is 4.74 Å². The molecule has 0 saturated heterocycles. The number of halogens is 5. The van der Waals surface area contributed by atoms with E-state index in [0.717, 1.165) is 3.57 Å². The average Bonchev–Trinajstić information content (AvgIpc) is 2.59. The van der Waals surface area contributed by atoms with Crippen LogP contribution in [0.15, 0.2) is 30.5 Å². The van der Waals surface area contributed by atoms with Gasteiger partial charge in [0.1, 0.15) is 10.9 Å². The number of aromatic nitrogens is 2. The summed E-state index contributed by atoms with van der Waals surface area (Å²) in [6, 6.07) is 5.29. The fraction of sp³-hybridized carbons (Fsp3) is 0.100. The zero-order valence-electron chi connectivity index (χ0n) is 8.58. The molecule has 0 bridgehead atoms. The fourth-order valence-electron chi connectivity index (χ4n) is 1.28. The zero-order chi connectivity index (χ0) is 13.3. The number of ether oxygens (including phenoxy) is 1. The number of alkyl halides is 3. The highest BCUT2D eigenvalue weighted by molar-refractivity contribution is 14.1. The molecule has 0 saturated carbocycles. The largest absolute Gasteiger partial charge is 0.573 e. The SMILES string of the molecule is FC(F)(F)Oc1ccc(-n2ncc(I)c2Cl)cc1. The molecule has 1 heterocycles. The standard InChI is InChI=1S/C10H5ClF3IN2O/c11-9-8(15)5-16-17(9)6-1-3-7(4-2-6)18-10(12,13)14/h1-5H. The van der Waals surface area contributed by atoms with Crippen molar-refractivity contribution in [2.45, 2.75) is 6.36 Å². The molecule has 0 amide bonds. The summed E-state index contributed by atoms with van der Waals surface area (Å²) in [7, 11) is 0. The number of nitrogens with zero attached hydrogens (tertiary/aromatic N) is 2. The van der Waals surface area contributed by atoms with Gasteiger partial charge in [0, 0.05) is 0 Å². The summed E-state index contributed by atoms with van der Waals surface area (Å²) in [5.41, 5.74) is 0.553. The summed E-state index contributed by atoms with van der Waals surface area (Å²) in [5, 5.41) is 4.41. The molecule has 0 spiro atoms. The zero-order valence-corrected chi connectivity index (χ0v) is 11.5. The predicted molar refractivity (Wildman–Crippen MR) is 68.0 cm³/mol. The van der Waals surface area contributed by atoms with E-state index in [2.05, 4.69) is 9.84 Å². The van der Waals surface area contributed by atoms with Crippen LogP contribution in [0.4, 0.5) is 13.2 Å². The minimum absolute atomic E-state index is 0.288. The molecule has 0 fully saturated rings. The van der Waals surface area contributed by atoms with Crippen molar-refractivity contribution in [3.63, 3.8) is 0 Å². The Hall–Kier alpha value is -0.960. The van der Waals surface area contributed by atoms with E-state index in [1.165, 1.54) is 28.9 Å². The Kier molecular flexibility index (Phi) is 3.71. The summed E-state index contributed by atoms with van der Waals surface area (Å²) in [6.45, 7) is 0. The number of hydrogen-bond acceptors (Lipinski definition) is 2. The third-order valence-electron chi connectivity index (χ3n) is 1.98. The summed E-state index contributed by atoms with van der Waals surface area (Å²) in [6.07, 6.45) is -3.14. The monoisotopic (exact) mass is 388 g/mol. The summed E-state index contributed by atoms with van der Waals surface area (Å²) in [4.78, 5) is 0. The third kappa shape index (κ3) is 3.08. The number of rotatable bonds is 2. The van der Waals surface area contributed by atoms with E-state index in [4.69, 9.17) is 11.6 Å². The molecule has 18 heavy (non-hydrogen) atoms. The molecule has 0 N–H and O–H groups in total. The Bertz CT molecular complexity index is 553. The number of hydrogen-bond donors (Lipinski definition) is 0. The van der Waals surface area contributed by atoms with Crippen molar-refractivity contribution in [1.82, 2.24) is 9.78 Å². The van der Waals surface area contributed by atoms with Gasteiger partial charge in [0.05, 0.1) is 15.5 Å². The van der Waals surface area contributed by atoms with Gasteiger partial charge >= 0.3 is 6.36 Å². The Morgan fingerprint density at radius 3 is 2.28 bits per heavy atom. The smallest absolute Gasteiger partial charge is 0.406 e. The molecule has 0 aliphatic heterocycles. The van der Waals surface area contributed by atoms with E-state index in [1.54, 1.807) is 6.20 Å². The molecule has 0 atom stereocenters. The molecule has 0 aliphatic rings. The Morgan fingerprint density at radius 2 is 1.83 bits per heavy atom. The van der Waals surface area contributed by atoms with Crippen molar-refractivity contribution in [3.8, 4) is 11.4 Å². The molecule has 0 radical (unpaired) electrons. The minimum Gasteiger partial charge on any atom is -0.406 e. The van der Waals surface area contributed by atoms with E-state index in [-0.39, 0.29) is 5.75 Å². The first-order chi connectivity index (χ1) is 8.37. The molecule has 96 valence electrons. The van der Waals surface area contributed by atoms with Crippen LogP contribution in [0.5, 0.6) is 5.75 Å². The summed E-state index contributed by atoms with van der Waals surface area (Å²) in [5.74, 6) is -0.288. The first-order valence-electron chi connectivity index (χ1n) is 4.62. The van der Waals surface area contributed by atoms with Gasteiger partial charge in [-0.15, -0.1) is 13.2 Å². The van der Waals surface area contributed by atoms with Crippen LogP contribution in [0, 0.1) is 3.57 Å². The minimum atomic E-state index is -4.69. The highest BCUT2D eigenvalue weighted by Crippen LogP contribution is 2.25. The highest BCUT2D eigenvalue weighted by atomic mass is 127. The third-order valence-corrected chi connectivity index (χ3v) is 3.46. The molecule has 0 unspecified atom stereocenters. The van der Waals surface area contributed by atoms with Crippen LogP contribution in [-0.4, -0.2) is 16.1 Å². The average molecular weight is 389 g/mol. The van der Waals surface area contributed by atoms with Crippen molar-refractivity contribution in [1.29, 1.82) is 0 Å². The van der Waals surface area contributed by atoms with Crippen molar-refractivity contribution in [2.24, 2.45) is 0 Å². The molecular formula is C10H5ClF3IN2O. The normalized spacial score (nSPS) is 11.6. The lowest BCUT2D eigenvalue weighted by Gasteiger charge is -2.09. The molecule has 3 nitrogen and oxygen atoms in total. The lowest BCUT2D eigenvalue weighted by molar-refractivity contribution is -0.274. The molecule has 1 aromatic heterocycles. The Morgan fingerprint density at radius 1 is 1.22 bits per heavy atom. The molecule has 0 aliphatic carbocycles. The van der Waals surface area contributed by atoms with Gasteiger partial charge in [-0.1, -0.05) is 11.6 Å². The van der Waals surface area contributed by atoms with Crippen LogP contribution >= 0.6 is 34.2 Å². The fourth-order valence-corrected chi connectivity index (χ4v) is 1.83. The van der Waals surface area contributed by atoms with E-state index in [0.29, 0.717) is 10.8 Å². The highest BCUT2D eigenvalue weighted by Gasteiger charge is 2.30. The van der Waals surface area contributed by atoms with Gasteiger partial charge < -0.3 is 4.74 Å². The van der Waals surface area contributed by atoms with Crippen LogP contribution in [0.2, 0.25) is 5.15 Å². The Balaban J connectivity index is 2.25. The topological polar surface area (TPSA) is 27.1 Å². The van der Waals surface area contributed by atoms with Gasteiger partial charge in [-0.05, 0) is 46.9 Å². The molecule has 2 rings (SSSR count). The van der Waals surface area contributed by atoms with Crippen molar-refractivity contribution in [2.75, 3.05) is 0 Å². The number of benzene rings is 1. The second kappa shape index (κ2) is 4.96. The van der Waals surface area contributed by atoms with Crippen LogP contribution in [0.1, 0.15) is 0 Å². The van der Waals surface area contributed by atoms with Crippen LogP contribution in [-0.2, 0) is 0 Å². The van der Waals surface area contributed by atoms with Crippen LogP contribution in [0.3, 0.4) is 0 Å². The first-order valence-corrected chi connectivity index (χ1v) is 6.08. The summed E-state index contributed by atoms with van der Waals surface area (Å²) < 4.78 is 41.8.